The van der Waals surface area contributed by atoms with Crippen molar-refractivity contribution in [1.29, 1.82) is 0 Å². The Morgan fingerprint density at radius 3 is 2.57 bits per heavy atom. The summed E-state index contributed by atoms with van der Waals surface area (Å²) in [6, 6.07) is 10.8. The summed E-state index contributed by atoms with van der Waals surface area (Å²) in [5.41, 5.74) is 7.78. The summed E-state index contributed by atoms with van der Waals surface area (Å²) >= 11 is 0. The van der Waals surface area contributed by atoms with Gasteiger partial charge in [0.15, 0.2) is 0 Å². The van der Waals surface area contributed by atoms with E-state index in [4.69, 9.17) is 5.73 Å². The number of hydrogen-bond donors (Lipinski definition) is 3. The standard InChI is InChI=1S/C22H28N4O2/c23-16-22(10-4-1-5-11-22)13-20(27)26-19-9-3-2-8-18(19)21(28)25-15-17-7-6-12-24-14-17/h2-3,6-9,12,14H,1,4-5,10-11,13,15-16,23H2,(H,25,28)(H,26,27). The predicted molar refractivity (Wildman–Crippen MR) is 110 cm³/mol. The Morgan fingerprint density at radius 1 is 1.07 bits per heavy atom. The number of para-hydroxylation sites is 1. The average Bonchev–Trinajstić information content (AvgIpc) is 2.73. The first-order valence-electron chi connectivity index (χ1n) is 9.88. The van der Waals surface area contributed by atoms with E-state index in [9.17, 15) is 9.59 Å². The molecule has 1 heterocycles. The highest BCUT2D eigenvalue weighted by Crippen LogP contribution is 2.38. The van der Waals surface area contributed by atoms with Crippen molar-refractivity contribution in [3.8, 4) is 0 Å². The van der Waals surface area contributed by atoms with Gasteiger partial charge in [0.05, 0.1) is 11.3 Å². The predicted octanol–water partition coefficient (Wildman–Crippen LogP) is 3.25. The van der Waals surface area contributed by atoms with Crippen LogP contribution in [0.4, 0.5) is 5.69 Å². The minimum Gasteiger partial charge on any atom is -0.348 e. The monoisotopic (exact) mass is 380 g/mol. The van der Waals surface area contributed by atoms with E-state index >= 15 is 0 Å². The summed E-state index contributed by atoms with van der Waals surface area (Å²) in [5, 5.41) is 5.81. The molecule has 148 valence electrons. The Hall–Kier alpha value is -2.73. The largest absolute Gasteiger partial charge is 0.348 e. The van der Waals surface area contributed by atoms with Crippen LogP contribution in [0.25, 0.3) is 0 Å². The van der Waals surface area contributed by atoms with E-state index in [1.54, 1.807) is 30.6 Å². The van der Waals surface area contributed by atoms with E-state index in [-0.39, 0.29) is 17.2 Å². The molecule has 3 rings (SSSR count). The molecule has 0 aliphatic heterocycles. The molecule has 0 atom stereocenters. The second kappa shape index (κ2) is 9.46. The lowest BCUT2D eigenvalue weighted by Crippen LogP contribution is -2.36. The first kappa shape index (κ1) is 20.0. The van der Waals surface area contributed by atoms with Crippen LogP contribution in [0.1, 0.15) is 54.4 Å². The Morgan fingerprint density at radius 2 is 1.86 bits per heavy atom. The van der Waals surface area contributed by atoms with Crippen molar-refractivity contribution in [3.05, 3.63) is 59.9 Å². The summed E-state index contributed by atoms with van der Waals surface area (Å²) in [4.78, 5) is 29.4. The van der Waals surface area contributed by atoms with Crippen LogP contribution in [0, 0.1) is 5.41 Å². The zero-order valence-corrected chi connectivity index (χ0v) is 16.1. The van der Waals surface area contributed by atoms with E-state index < -0.39 is 0 Å². The number of benzene rings is 1. The number of amides is 2. The van der Waals surface area contributed by atoms with Gasteiger partial charge in [-0.1, -0.05) is 37.5 Å². The van der Waals surface area contributed by atoms with Crippen molar-refractivity contribution in [2.75, 3.05) is 11.9 Å². The van der Waals surface area contributed by atoms with Crippen molar-refractivity contribution < 1.29 is 9.59 Å². The lowest BCUT2D eigenvalue weighted by molar-refractivity contribution is -0.118. The Kier molecular flexibility index (Phi) is 6.76. The molecule has 0 radical (unpaired) electrons. The molecule has 1 aromatic carbocycles. The van der Waals surface area contributed by atoms with Crippen molar-refractivity contribution in [2.45, 2.75) is 45.1 Å². The van der Waals surface area contributed by atoms with E-state index in [2.05, 4.69) is 15.6 Å². The van der Waals surface area contributed by atoms with Gasteiger partial charge in [0.1, 0.15) is 0 Å². The molecule has 1 fully saturated rings. The lowest BCUT2D eigenvalue weighted by Gasteiger charge is -2.35. The molecule has 0 saturated heterocycles. The van der Waals surface area contributed by atoms with Crippen LogP contribution in [-0.4, -0.2) is 23.3 Å². The molecular formula is C22H28N4O2. The number of rotatable bonds is 7. The van der Waals surface area contributed by atoms with Crippen LogP contribution in [0.2, 0.25) is 0 Å². The highest BCUT2D eigenvalue weighted by molar-refractivity contribution is 6.03. The van der Waals surface area contributed by atoms with Gasteiger partial charge >= 0.3 is 0 Å². The van der Waals surface area contributed by atoms with Gasteiger partial charge in [0, 0.05) is 25.4 Å². The van der Waals surface area contributed by atoms with Gasteiger partial charge in [-0.05, 0) is 48.6 Å². The summed E-state index contributed by atoms with van der Waals surface area (Å²) < 4.78 is 0. The molecule has 1 aromatic heterocycles. The van der Waals surface area contributed by atoms with Crippen molar-refractivity contribution in [3.63, 3.8) is 0 Å². The summed E-state index contributed by atoms with van der Waals surface area (Å²) in [6.07, 6.45) is 9.24. The summed E-state index contributed by atoms with van der Waals surface area (Å²) in [5.74, 6) is -0.314. The molecule has 6 heteroatoms. The molecule has 1 aliphatic carbocycles. The SMILES string of the molecule is NCC1(CC(=O)Nc2ccccc2C(=O)NCc2cccnc2)CCCCC1. The lowest BCUT2D eigenvalue weighted by atomic mass is 9.71. The van der Waals surface area contributed by atoms with Crippen LogP contribution in [0.15, 0.2) is 48.8 Å². The van der Waals surface area contributed by atoms with Gasteiger partial charge in [0.2, 0.25) is 5.91 Å². The first-order chi connectivity index (χ1) is 13.6. The quantitative estimate of drug-likeness (QED) is 0.687. The van der Waals surface area contributed by atoms with Crippen molar-refractivity contribution in [2.24, 2.45) is 11.1 Å². The van der Waals surface area contributed by atoms with Gasteiger partial charge in [-0.25, -0.2) is 0 Å². The Labute approximate surface area is 165 Å². The van der Waals surface area contributed by atoms with E-state index in [0.29, 0.717) is 30.8 Å². The van der Waals surface area contributed by atoms with Gasteiger partial charge < -0.3 is 16.4 Å². The number of nitrogens with two attached hydrogens (primary N) is 1. The number of aromatic nitrogens is 1. The molecular weight excluding hydrogens is 352 g/mol. The molecule has 0 unspecified atom stereocenters. The van der Waals surface area contributed by atoms with Gasteiger partial charge in [0.25, 0.3) is 5.91 Å². The van der Waals surface area contributed by atoms with Gasteiger partial charge in [-0.2, -0.15) is 0 Å². The third-order valence-corrected chi connectivity index (χ3v) is 5.50. The molecule has 0 bridgehead atoms. The zero-order valence-electron chi connectivity index (χ0n) is 16.1. The number of pyridine rings is 1. The smallest absolute Gasteiger partial charge is 0.253 e. The Bertz CT molecular complexity index is 801. The van der Waals surface area contributed by atoms with Gasteiger partial charge in [-0.15, -0.1) is 0 Å². The Balaban J connectivity index is 1.64. The van der Waals surface area contributed by atoms with Crippen LogP contribution in [0.3, 0.4) is 0 Å². The number of carbonyl (C=O) groups excluding carboxylic acids is 2. The molecule has 1 saturated carbocycles. The minimum atomic E-state index is -0.231. The third-order valence-electron chi connectivity index (χ3n) is 5.50. The maximum absolute atomic E-state index is 12.7. The fraction of sp³-hybridized carbons (Fsp3) is 0.409. The number of hydrogen-bond acceptors (Lipinski definition) is 4. The summed E-state index contributed by atoms with van der Waals surface area (Å²) in [7, 11) is 0. The fourth-order valence-corrected chi connectivity index (χ4v) is 3.86. The molecule has 2 aromatic rings. The molecule has 4 N–H and O–H groups in total. The van der Waals surface area contributed by atoms with Crippen LogP contribution < -0.4 is 16.4 Å². The van der Waals surface area contributed by atoms with Crippen molar-refractivity contribution >= 4 is 17.5 Å². The maximum Gasteiger partial charge on any atom is 0.253 e. The topological polar surface area (TPSA) is 97.1 Å². The second-order valence-corrected chi connectivity index (χ2v) is 7.58. The minimum absolute atomic E-state index is 0.0835. The molecule has 6 nitrogen and oxygen atoms in total. The first-order valence-corrected chi connectivity index (χ1v) is 9.88. The van der Waals surface area contributed by atoms with Crippen molar-refractivity contribution in [1.82, 2.24) is 10.3 Å². The number of nitrogens with zero attached hydrogens (tertiary/aromatic N) is 1. The summed E-state index contributed by atoms with van der Waals surface area (Å²) in [6.45, 7) is 0.902. The van der Waals surface area contributed by atoms with Crippen LogP contribution >= 0.6 is 0 Å². The zero-order chi connectivity index (χ0) is 19.8. The van der Waals surface area contributed by atoms with Gasteiger partial charge in [-0.3, -0.25) is 14.6 Å². The molecule has 1 aliphatic rings. The third kappa shape index (κ3) is 5.16. The van der Waals surface area contributed by atoms with E-state index in [0.717, 1.165) is 31.2 Å². The van der Waals surface area contributed by atoms with Crippen LogP contribution in [-0.2, 0) is 11.3 Å². The average molecular weight is 380 g/mol. The van der Waals surface area contributed by atoms with E-state index in [1.807, 2.05) is 18.2 Å². The molecule has 28 heavy (non-hydrogen) atoms. The number of carbonyl (C=O) groups is 2. The normalized spacial score (nSPS) is 15.6. The number of nitrogens with one attached hydrogen (secondary N) is 2. The second-order valence-electron chi connectivity index (χ2n) is 7.58. The highest BCUT2D eigenvalue weighted by Gasteiger charge is 2.33. The highest BCUT2D eigenvalue weighted by atomic mass is 16.2. The molecule has 2 amide bonds. The maximum atomic E-state index is 12.7. The fourth-order valence-electron chi connectivity index (χ4n) is 3.86. The van der Waals surface area contributed by atoms with Crippen LogP contribution in [0.5, 0.6) is 0 Å². The number of anilines is 1. The van der Waals surface area contributed by atoms with E-state index in [1.165, 1.54) is 6.42 Å². The molecule has 0 spiro atoms.